The minimum atomic E-state index is -3.76. The van der Waals surface area contributed by atoms with Gasteiger partial charge in [-0.25, -0.2) is 8.42 Å². The minimum absolute atomic E-state index is 0.0912. The largest absolute Gasteiger partial charge is 0.497 e. The zero-order valence-electron chi connectivity index (χ0n) is 17.6. The van der Waals surface area contributed by atoms with E-state index in [1.165, 1.54) is 22.1 Å². The van der Waals surface area contributed by atoms with Crippen LogP contribution in [0.25, 0.3) is 0 Å². The Bertz CT molecular complexity index is 1000. The Morgan fingerprint density at radius 1 is 1.13 bits per heavy atom. The Kier molecular flexibility index (Phi) is 7.44. The van der Waals surface area contributed by atoms with Crippen LogP contribution >= 0.6 is 11.8 Å². The van der Waals surface area contributed by atoms with Gasteiger partial charge in [-0.1, -0.05) is 12.1 Å². The number of sulfonamides is 1. The van der Waals surface area contributed by atoms with Gasteiger partial charge in [0, 0.05) is 31.6 Å². The van der Waals surface area contributed by atoms with Gasteiger partial charge >= 0.3 is 0 Å². The highest BCUT2D eigenvalue weighted by Gasteiger charge is 2.26. The van der Waals surface area contributed by atoms with Gasteiger partial charge in [-0.05, 0) is 61.4 Å². The van der Waals surface area contributed by atoms with Crippen molar-refractivity contribution in [2.24, 2.45) is 0 Å². The summed E-state index contributed by atoms with van der Waals surface area (Å²) in [5, 5.41) is 0. The first-order valence-electron chi connectivity index (χ1n) is 9.93. The smallest absolute Gasteiger partial charge is 0.255 e. The average molecular weight is 449 g/mol. The van der Waals surface area contributed by atoms with Crippen molar-refractivity contribution in [2.45, 2.75) is 35.6 Å². The van der Waals surface area contributed by atoms with E-state index in [4.69, 9.17) is 4.74 Å². The maximum atomic E-state index is 13.2. The summed E-state index contributed by atoms with van der Waals surface area (Å²) in [5.74, 6) is 0.587. The molecule has 30 heavy (non-hydrogen) atoms. The maximum absolute atomic E-state index is 13.2. The molecule has 2 aromatic carbocycles. The van der Waals surface area contributed by atoms with Crippen LogP contribution in [0.3, 0.4) is 0 Å². The summed E-state index contributed by atoms with van der Waals surface area (Å²) in [4.78, 5) is 15.8. The summed E-state index contributed by atoms with van der Waals surface area (Å²) in [6, 6.07) is 12.2. The Hall–Kier alpha value is -2.03. The van der Waals surface area contributed by atoms with Crippen LogP contribution in [0.5, 0.6) is 5.75 Å². The fraction of sp³-hybridized carbons (Fsp3) is 0.409. The van der Waals surface area contributed by atoms with Crippen molar-refractivity contribution in [3.63, 3.8) is 0 Å². The predicted molar refractivity (Wildman–Crippen MR) is 120 cm³/mol. The van der Waals surface area contributed by atoms with Crippen molar-refractivity contribution in [3.05, 3.63) is 53.6 Å². The summed E-state index contributed by atoms with van der Waals surface area (Å²) in [6.07, 6.45) is 5.00. The number of amides is 1. The SMILES string of the molecule is COc1cccc(CN(C)S(=O)(=O)c2ccc(SC)c(C(=O)N3CCCCC3)c2)c1. The van der Waals surface area contributed by atoms with Crippen LogP contribution in [-0.4, -0.2) is 57.0 Å². The summed E-state index contributed by atoms with van der Waals surface area (Å²) in [5.41, 5.74) is 1.28. The van der Waals surface area contributed by atoms with Gasteiger partial charge in [0.1, 0.15) is 5.75 Å². The van der Waals surface area contributed by atoms with E-state index in [9.17, 15) is 13.2 Å². The van der Waals surface area contributed by atoms with Gasteiger partial charge in [0.2, 0.25) is 10.0 Å². The Balaban J connectivity index is 1.88. The molecule has 6 nitrogen and oxygen atoms in total. The zero-order chi connectivity index (χ0) is 21.7. The summed E-state index contributed by atoms with van der Waals surface area (Å²) >= 11 is 1.45. The Morgan fingerprint density at radius 2 is 1.87 bits per heavy atom. The van der Waals surface area contributed by atoms with E-state index in [-0.39, 0.29) is 17.3 Å². The molecule has 0 radical (unpaired) electrons. The third kappa shape index (κ3) is 4.99. The van der Waals surface area contributed by atoms with Gasteiger partial charge < -0.3 is 9.64 Å². The molecule has 0 bridgehead atoms. The highest BCUT2D eigenvalue weighted by Crippen LogP contribution is 2.28. The number of likely N-dealkylation sites (tertiary alicyclic amines) is 1. The molecule has 0 saturated carbocycles. The average Bonchev–Trinajstić information content (AvgIpc) is 2.78. The molecule has 1 aliphatic heterocycles. The van der Waals surface area contributed by atoms with Gasteiger partial charge in [-0.3, -0.25) is 4.79 Å². The monoisotopic (exact) mass is 448 g/mol. The van der Waals surface area contributed by atoms with Crippen LogP contribution in [0.4, 0.5) is 0 Å². The van der Waals surface area contributed by atoms with Crippen LogP contribution in [0.1, 0.15) is 35.2 Å². The molecular formula is C22H28N2O4S2. The van der Waals surface area contributed by atoms with Crippen molar-refractivity contribution in [3.8, 4) is 5.75 Å². The van der Waals surface area contributed by atoms with E-state index in [2.05, 4.69) is 0 Å². The zero-order valence-corrected chi connectivity index (χ0v) is 19.3. The summed E-state index contributed by atoms with van der Waals surface area (Å²) < 4.78 is 32.9. The summed E-state index contributed by atoms with van der Waals surface area (Å²) in [6.45, 7) is 1.65. The van der Waals surface area contributed by atoms with Crippen LogP contribution in [-0.2, 0) is 16.6 Å². The van der Waals surface area contributed by atoms with E-state index >= 15 is 0 Å². The van der Waals surface area contributed by atoms with Crippen molar-refractivity contribution in [1.29, 1.82) is 0 Å². The fourth-order valence-electron chi connectivity index (χ4n) is 3.57. The van der Waals surface area contributed by atoms with Gasteiger partial charge in [0.25, 0.3) is 5.91 Å². The quantitative estimate of drug-likeness (QED) is 0.602. The molecule has 8 heteroatoms. The molecule has 1 amide bonds. The number of methoxy groups -OCH3 is 1. The van der Waals surface area contributed by atoms with Crippen molar-refractivity contribution in [1.82, 2.24) is 9.21 Å². The topological polar surface area (TPSA) is 66.9 Å². The molecule has 0 spiro atoms. The van der Waals surface area contributed by atoms with Gasteiger partial charge in [0.15, 0.2) is 0 Å². The van der Waals surface area contributed by atoms with Crippen LogP contribution in [0.15, 0.2) is 52.3 Å². The number of thioether (sulfide) groups is 1. The lowest BCUT2D eigenvalue weighted by molar-refractivity contribution is 0.0720. The number of carbonyl (C=O) groups is 1. The molecule has 0 unspecified atom stereocenters. The van der Waals surface area contributed by atoms with Crippen molar-refractivity contribution >= 4 is 27.7 Å². The predicted octanol–water partition coefficient (Wildman–Crippen LogP) is 3.86. The lowest BCUT2D eigenvalue weighted by Crippen LogP contribution is -2.36. The normalized spacial score (nSPS) is 14.7. The number of hydrogen-bond donors (Lipinski definition) is 0. The summed E-state index contributed by atoms with van der Waals surface area (Å²) in [7, 11) is -0.634. The van der Waals surface area contributed by atoms with E-state index in [1.807, 2.05) is 35.4 Å². The molecule has 1 saturated heterocycles. The van der Waals surface area contributed by atoms with Crippen LogP contribution in [0.2, 0.25) is 0 Å². The second-order valence-corrected chi connectivity index (χ2v) is 10.2. The minimum Gasteiger partial charge on any atom is -0.497 e. The van der Waals surface area contributed by atoms with E-state index in [0.717, 1.165) is 42.8 Å². The number of rotatable bonds is 7. The third-order valence-corrected chi connectivity index (χ3v) is 7.89. The molecule has 3 rings (SSSR count). The van der Waals surface area contributed by atoms with Gasteiger partial charge in [0.05, 0.1) is 17.6 Å². The fourth-order valence-corrected chi connectivity index (χ4v) is 5.33. The second kappa shape index (κ2) is 9.85. The van der Waals surface area contributed by atoms with E-state index < -0.39 is 10.0 Å². The molecule has 1 aliphatic rings. The number of nitrogens with zero attached hydrogens (tertiary/aromatic N) is 2. The maximum Gasteiger partial charge on any atom is 0.255 e. The molecule has 0 N–H and O–H groups in total. The molecule has 0 aromatic heterocycles. The molecule has 1 heterocycles. The van der Waals surface area contributed by atoms with Crippen LogP contribution < -0.4 is 4.74 Å². The highest BCUT2D eigenvalue weighted by molar-refractivity contribution is 7.98. The number of hydrogen-bond acceptors (Lipinski definition) is 5. The Labute approximate surface area is 183 Å². The van der Waals surface area contributed by atoms with Crippen molar-refractivity contribution < 1.29 is 17.9 Å². The molecule has 0 atom stereocenters. The molecular weight excluding hydrogens is 420 g/mol. The highest BCUT2D eigenvalue weighted by atomic mass is 32.2. The first-order valence-corrected chi connectivity index (χ1v) is 12.6. The molecule has 1 fully saturated rings. The number of piperidine rings is 1. The first kappa shape index (κ1) is 22.7. The number of ether oxygens (including phenoxy) is 1. The lowest BCUT2D eigenvalue weighted by Gasteiger charge is -2.27. The standard InChI is InChI=1S/C22H28N2O4S2/c1-23(16-17-8-7-9-18(14-17)28-2)30(26,27)19-10-11-21(29-3)20(15-19)22(25)24-12-5-4-6-13-24/h7-11,14-15H,4-6,12-13,16H2,1-3H3. The number of carbonyl (C=O) groups excluding carboxylic acids is 1. The number of benzene rings is 2. The van der Waals surface area contributed by atoms with Crippen molar-refractivity contribution in [2.75, 3.05) is 33.5 Å². The third-order valence-electron chi connectivity index (χ3n) is 5.29. The molecule has 0 aliphatic carbocycles. The van der Waals surface area contributed by atoms with E-state index in [1.54, 1.807) is 26.3 Å². The first-order chi connectivity index (χ1) is 14.4. The molecule has 162 valence electrons. The second-order valence-electron chi connectivity index (χ2n) is 7.33. The van der Waals surface area contributed by atoms with Gasteiger partial charge in [-0.15, -0.1) is 11.8 Å². The van der Waals surface area contributed by atoms with Gasteiger partial charge in [-0.2, -0.15) is 4.31 Å². The van der Waals surface area contributed by atoms with E-state index in [0.29, 0.717) is 11.3 Å². The Morgan fingerprint density at radius 3 is 2.53 bits per heavy atom. The molecule has 2 aromatic rings. The lowest BCUT2D eigenvalue weighted by atomic mass is 10.1. The van der Waals surface area contributed by atoms with Crippen LogP contribution in [0, 0.1) is 0 Å².